The lowest BCUT2D eigenvalue weighted by Gasteiger charge is -2.10. The maximum absolute atomic E-state index is 11.6. The Labute approximate surface area is 148 Å². The van der Waals surface area contributed by atoms with Crippen molar-refractivity contribution >= 4 is 21.5 Å². The van der Waals surface area contributed by atoms with Gasteiger partial charge in [0.15, 0.2) is 0 Å². The highest BCUT2D eigenvalue weighted by atomic mass is 32.2. The average Bonchev–Trinajstić information content (AvgIpc) is 2.55. The summed E-state index contributed by atoms with van der Waals surface area (Å²) in [4.78, 5) is 4.31. The van der Waals surface area contributed by atoms with Crippen molar-refractivity contribution in [1.29, 1.82) is 0 Å². The van der Waals surface area contributed by atoms with Crippen LogP contribution in [0.5, 0.6) is 0 Å². The number of hydrogen-bond donors (Lipinski definition) is 3. The number of sulfonamides is 1. The summed E-state index contributed by atoms with van der Waals surface area (Å²) in [5.74, 6) is 0.728. The van der Waals surface area contributed by atoms with E-state index in [0.717, 1.165) is 22.5 Å². The van der Waals surface area contributed by atoms with E-state index in [0.29, 0.717) is 5.56 Å². The van der Waals surface area contributed by atoms with Crippen LogP contribution in [0.3, 0.4) is 0 Å². The molecule has 2 aromatic rings. The zero-order valence-electron chi connectivity index (χ0n) is 14.4. The number of hydrogen-bond acceptors (Lipinski definition) is 5. The Morgan fingerprint density at radius 2 is 1.96 bits per heavy atom. The Bertz CT molecular complexity index is 948. The fourth-order valence-corrected chi connectivity index (χ4v) is 2.88. The van der Waals surface area contributed by atoms with Gasteiger partial charge in [-0.1, -0.05) is 17.7 Å². The van der Waals surface area contributed by atoms with Gasteiger partial charge in [-0.2, -0.15) is 0 Å². The van der Waals surface area contributed by atoms with E-state index in [2.05, 4.69) is 10.3 Å². The highest BCUT2D eigenvalue weighted by molar-refractivity contribution is 7.89. The standard InChI is InChI=1S/C18H22N4O2S/c1-4-12(2)7-8-21-18-13(3)9-15(11-22-18)14-5-6-16(19)17(10-14)25(20,23)24/h4-11H,19H2,1-3H3,(H,21,22)(H2,20,23,24)/b8-7+,12-4+. The fraction of sp³-hybridized carbons (Fsp3) is 0.167. The number of allylic oxidation sites excluding steroid dienone is 3. The van der Waals surface area contributed by atoms with Crippen molar-refractivity contribution in [3.8, 4) is 11.1 Å². The second-order valence-electron chi connectivity index (χ2n) is 5.70. The van der Waals surface area contributed by atoms with Gasteiger partial charge in [-0.3, -0.25) is 0 Å². The molecule has 0 aliphatic rings. The van der Waals surface area contributed by atoms with Gasteiger partial charge in [-0.25, -0.2) is 18.5 Å². The summed E-state index contributed by atoms with van der Waals surface area (Å²) in [7, 11) is -3.88. The maximum Gasteiger partial charge on any atom is 0.240 e. The third kappa shape index (κ3) is 4.68. The van der Waals surface area contributed by atoms with Crippen molar-refractivity contribution < 1.29 is 8.42 Å². The lowest BCUT2D eigenvalue weighted by Crippen LogP contribution is -2.14. The minimum Gasteiger partial charge on any atom is -0.398 e. The molecule has 0 amide bonds. The maximum atomic E-state index is 11.6. The summed E-state index contributed by atoms with van der Waals surface area (Å²) >= 11 is 0. The van der Waals surface area contributed by atoms with Crippen LogP contribution in [0.2, 0.25) is 0 Å². The average molecular weight is 358 g/mol. The van der Waals surface area contributed by atoms with E-state index in [1.807, 2.05) is 45.2 Å². The van der Waals surface area contributed by atoms with E-state index >= 15 is 0 Å². The molecule has 0 spiro atoms. The number of aryl methyl sites for hydroxylation is 1. The van der Waals surface area contributed by atoms with Crippen LogP contribution in [0.25, 0.3) is 11.1 Å². The van der Waals surface area contributed by atoms with Gasteiger partial charge in [-0.15, -0.1) is 0 Å². The summed E-state index contributed by atoms with van der Waals surface area (Å²) in [5, 5.41) is 8.34. The number of benzene rings is 1. The van der Waals surface area contributed by atoms with E-state index in [-0.39, 0.29) is 10.6 Å². The van der Waals surface area contributed by atoms with Crippen LogP contribution in [0, 0.1) is 6.92 Å². The summed E-state index contributed by atoms with van der Waals surface area (Å²) in [5.41, 5.74) is 9.35. The molecule has 132 valence electrons. The molecule has 25 heavy (non-hydrogen) atoms. The molecule has 0 saturated carbocycles. The number of primary sulfonamides is 1. The molecule has 2 rings (SSSR count). The van der Waals surface area contributed by atoms with Crippen molar-refractivity contribution in [3.63, 3.8) is 0 Å². The molecule has 0 aliphatic heterocycles. The zero-order valence-corrected chi connectivity index (χ0v) is 15.3. The lowest BCUT2D eigenvalue weighted by molar-refractivity contribution is 0.598. The van der Waals surface area contributed by atoms with E-state index < -0.39 is 10.0 Å². The van der Waals surface area contributed by atoms with Crippen LogP contribution in [0.15, 0.2) is 59.3 Å². The number of aromatic nitrogens is 1. The van der Waals surface area contributed by atoms with Gasteiger partial charge in [0.2, 0.25) is 10.0 Å². The minimum absolute atomic E-state index is 0.0883. The third-order valence-electron chi connectivity index (χ3n) is 3.75. The first-order valence-corrected chi connectivity index (χ1v) is 9.22. The molecular weight excluding hydrogens is 336 g/mol. The normalized spacial score (nSPS) is 12.6. The molecule has 1 heterocycles. The van der Waals surface area contributed by atoms with E-state index in [1.165, 1.54) is 12.1 Å². The van der Waals surface area contributed by atoms with Crippen molar-refractivity contribution in [3.05, 3.63) is 60.0 Å². The van der Waals surface area contributed by atoms with Gasteiger partial charge >= 0.3 is 0 Å². The van der Waals surface area contributed by atoms with Crippen molar-refractivity contribution in [2.75, 3.05) is 11.1 Å². The minimum atomic E-state index is -3.88. The van der Waals surface area contributed by atoms with Crippen LogP contribution < -0.4 is 16.2 Å². The molecule has 0 aliphatic carbocycles. The van der Waals surface area contributed by atoms with Crippen molar-refractivity contribution in [1.82, 2.24) is 4.98 Å². The van der Waals surface area contributed by atoms with Crippen LogP contribution in [-0.4, -0.2) is 13.4 Å². The molecule has 1 aromatic carbocycles. The lowest BCUT2D eigenvalue weighted by atomic mass is 10.1. The number of rotatable bonds is 5. The number of nitrogens with zero attached hydrogens (tertiary/aromatic N) is 1. The number of anilines is 2. The molecule has 1 aromatic heterocycles. The summed E-state index contributed by atoms with van der Waals surface area (Å²) in [6, 6.07) is 6.65. The van der Waals surface area contributed by atoms with Crippen molar-refractivity contribution in [2.45, 2.75) is 25.7 Å². The highest BCUT2D eigenvalue weighted by Crippen LogP contribution is 2.27. The largest absolute Gasteiger partial charge is 0.398 e. The molecule has 0 bridgehead atoms. The number of nitrogens with two attached hydrogens (primary N) is 2. The predicted molar refractivity (Wildman–Crippen MR) is 102 cm³/mol. The van der Waals surface area contributed by atoms with Gasteiger partial charge in [0.1, 0.15) is 10.7 Å². The second kappa shape index (κ2) is 7.50. The van der Waals surface area contributed by atoms with E-state index in [9.17, 15) is 8.42 Å². The first kappa shape index (κ1) is 18.7. The smallest absolute Gasteiger partial charge is 0.240 e. The number of nitrogen functional groups attached to an aromatic ring is 1. The van der Waals surface area contributed by atoms with Gasteiger partial charge in [-0.05, 0) is 56.2 Å². The molecule has 5 N–H and O–H groups in total. The predicted octanol–water partition coefficient (Wildman–Crippen LogP) is 3.18. The monoisotopic (exact) mass is 358 g/mol. The summed E-state index contributed by atoms with van der Waals surface area (Å²) in [6.45, 7) is 5.90. The molecular formula is C18H22N4O2S. The quantitative estimate of drug-likeness (QED) is 0.561. The summed E-state index contributed by atoms with van der Waals surface area (Å²) in [6.07, 6.45) is 7.45. The fourth-order valence-electron chi connectivity index (χ4n) is 2.19. The Hall–Kier alpha value is -2.64. The van der Waals surface area contributed by atoms with Gasteiger partial charge < -0.3 is 11.1 Å². The SMILES string of the molecule is C/C=C(C)/C=C/Nc1ncc(-c2ccc(N)c(S(N)(=O)=O)c2)cc1C. The highest BCUT2D eigenvalue weighted by Gasteiger charge is 2.14. The van der Waals surface area contributed by atoms with Crippen LogP contribution in [0.1, 0.15) is 19.4 Å². The van der Waals surface area contributed by atoms with Crippen molar-refractivity contribution in [2.24, 2.45) is 5.14 Å². The molecule has 0 saturated heterocycles. The second-order valence-corrected chi connectivity index (χ2v) is 7.23. The molecule has 7 heteroatoms. The number of pyridine rings is 1. The van der Waals surface area contributed by atoms with Gasteiger partial charge in [0.25, 0.3) is 0 Å². The first-order valence-electron chi connectivity index (χ1n) is 7.67. The third-order valence-corrected chi connectivity index (χ3v) is 4.72. The molecule has 0 fully saturated rings. The Morgan fingerprint density at radius 3 is 2.56 bits per heavy atom. The van der Waals surface area contributed by atoms with Crippen LogP contribution >= 0.6 is 0 Å². The molecule has 0 unspecified atom stereocenters. The Morgan fingerprint density at radius 1 is 1.24 bits per heavy atom. The topological polar surface area (TPSA) is 111 Å². The van der Waals surface area contributed by atoms with E-state index in [1.54, 1.807) is 12.3 Å². The van der Waals surface area contributed by atoms with E-state index in [4.69, 9.17) is 10.9 Å². The van der Waals surface area contributed by atoms with Gasteiger partial charge in [0, 0.05) is 18.0 Å². The van der Waals surface area contributed by atoms with Gasteiger partial charge in [0.05, 0.1) is 5.69 Å². The molecule has 0 atom stereocenters. The first-order chi connectivity index (χ1) is 11.7. The molecule has 0 radical (unpaired) electrons. The van der Waals surface area contributed by atoms with Crippen LogP contribution in [-0.2, 0) is 10.0 Å². The number of nitrogens with one attached hydrogen (secondary N) is 1. The zero-order chi connectivity index (χ0) is 18.6. The molecule has 6 nitrogen and oxygen atoms in total. The Balaban J connectivity index is 2.34. The summed E-state index contributed by atoms with van der Waals surface area (Å²) < 4.78 is 23.2. The van der Waals surface area contributed by atoms with Crippen LogP contribution in [0.4, 0.5) is 11.5 Å². The Kier molecular flexibility index (Phi) is 5.61.